The zero-order valence-corrected chi connectivity index (χ0v) is 25.5. The highest BCUT2D eigenvalue weighted by Crippen LogP contribution is 2.45. The van der Waals surface area contributed by atoms with Crippen molar-refractivity contribution >= 4 is 55.0 Å². The third-order valence-electron chi connectivity index (χ3n) is 9.96. The first-order chi connectivity index (χ1) is 20.3. The summed E-state index contributed by atoms with van der Waals surface area (Å²) in [7, 11) is 0. The van der Waals surface area contributed by atoms with Crippen molar-refractivity contribution in [2.75, 3.05) is 43.4 Å². The van der Waals surface area contributed by atoms with Gasteiger partial charge in [-0.3, -0.25) is 4.90 Å². The quantitative estimate of drug-likeness (QED) is 0.295. The number of nitrogens with one attached hydrogen (secondary N) is 1. The average Bonchev–Trinajstić information content (AvgIpc) is 3.68. The fourth-order valence-electron chi connectivity index (χ4n) is 8.16. The van der Waals surface area contributed by atoms with Gasteiger partial charge in [-0.2, -0.15) is 9.97 Å². The fourth-order valence-corrected chi connectivity index (χ4v) is 9.29. The molecule has 42 heavy (non-hydrogen) atoms. The number of anilines is 2. The highest BCUT2D eigenvalue weighted by molar-refractivity contribution is 7.22. The highest BCUT2D eigenvalue weighted by atomic mass is 35.5. The van der Waals surface area contributed by atoms with Crippen LogP contribution in [0.5, 0.6) is 6.01 Å². The zero-order chi connectivity index (χ0) is 28.7. The van der Waals surface area contributed by atoms with Crippen molar-refractivity contribution in [2.45, 2.75) is 63.6 Å². The summed E-state index contributed by atoms with van der Waals surface area (Å²) < 4.78 is 24.3. The van der Waals surface area contributed by atoms with Crippen LogP contribution in [0.4, 0.5) is 15.3 Å². The number of nitrogens with zero attached hydrogens (tertiary/aromatic N) is 5. The lowest BCUT2D eigenvalue weighted by molar-refractivity contribution is 0.107. The smallest absolute Gasteiger partial charge is 0.319 e. The van der Waals surface area contributed by atoms with Crippen LogP contribution in [0.1, 0.15) is 44.6 Å². The van der Waals surface area contributed by atoms with E-state index in [1.807, 2.05) is 25.1 Å². The number of thiazole rings is 1. The van der Waals surface area contributed by atoms with E-state index in [1.165, 1.54) is 17.8 Å². The third kappa shape index (κ3) is 4.09. The van der Waals surface area contributed by atoms with Crippen LogP contribution in [-0.2, 0) is 0 Å². The number of hydrogen-bond donors (Lipinski definition) is 2. The highest BCUT2D eigenvalue weighted by Gasteiger charge is 2.48. The van der Waals surface area contributed by atoms with Gasteiger partial charge >= 0.3 is 6.01 Å². The lowest BCUT2D eigenvalue weighted by Gasteiger charge is -2.37. The molecule has 4 aromatic rings. The molecule has 6 heterocycles. The Hall–Kier alpha value is -2.79. The monoisotopic (exact) mass is 607 g/mol. The molecule has 8 rings (SSSR count). The Morgan fingerprint density at radius 1 is 1.19 bits per heavy atom. The summed E-state index contributed by atoms with van der Waals surface area (Å²) in [5.74, 6) is 0.857. The van der Waals surface area contributed by atoms with Crippen molar-refractivity contribution in [3.63, 3.8) is 0 Å². The number of ether oxygens (including phenoxy) is 1. The summed E-state index contributed by atoms with van der Waals surface area (Å²) in [6, 6.07) is 6.46. The van der Waals surface area contributed by atoms with Gasteiger partial charge in [0.05, 0.1) is 20.8 Å². The maximum absolute atomic E-state index is 16.9. The Labute approximate surface area is 253 Å². The van der Waals surface area contributed by atoms with E-state index in [-0.39, 0.29) is 34.7 Å². The van der Waals surface area contributed by atoms with Crippen LogP contribution >= 0.6 is 22.9 Å². The van der Waals surface area contributed by atoms with Gasteiger partial charge in [-0.25, -0.2) is 9.37 Å². The predicted molar refractivity (Wildman–Crippen MR) is 167 cm³/mol. The molecule has 4 aliphatic heterocycles. The molecule has 2 bridgehead atoms. The molecule has 0 amide bonds. The number of piperazine rings is 1. The van der Waals surface area contributed by atoms with Crippen molar-refractivity contribution in [3.05, 3.63) is 34.6 Å². The van der Waals surface area contributed by atoms with Gasteiger partial charge in [0, 0.05) is 48.2 Å². The average molecular weight is 608 g/mol. The van der Waals surface area contributed by atoms with Gasteiger partial charge in [0.25, 0.3) is 0 Å². The maximum Gasteiger partial charge on any atom is 0.319 e. The van der Waals surface area contributed by atoms with Crippen molar-refractivity contribution in [3.8, 4) is 17.1 Å². The van der Waals surface area contributed by atoms with E-state index in [4.69, 9.17) is 32.0 Å². The van der Waals surface area contributed by atoms with E-state index in [0.717, 1.165) is 62.1 Å². The van der Waals surface area contributed by atoms with Crippen LogP contribution in [0.15, 0.2) is 18.2 Å². The van der Waals surface area contributed by atoms with Gasteiger partial charge in [0.1, 0.15) is 17.9 Å². The number of aryl methyl sites for hydroxylation is 1. The molecule has 0 aliphatic carbocycles. The molecule has 0 radical (unpaired) electrons. The summed E-state index contributed by atoms with van der Waals surface area (Å²) in [6.07, 6.45) is 5.51. The number of fused-ring (bicyclic) bond motifs is 5. The summed E-state index contributed by atoms with van der Waals surface area (Å²) in [4.78, 5) is 19.2. The fraction of sp³-hybridized carbons (Fsp3) is 0.516. The van der Waals surface area contributed by atoms with Gasteiger partial charge in [-0.05, 0) is 63.1 Å². The minimum Gasteiger partial charge on any atom is -0.461 e. The molecule has 2 unspecified atom stereocenters. The number of rotatable bonds is 5. The van der Waals surface area contributed by atoms with E-state index in [0.29, 0.717) is 45.0 Å². The second-order valence-corrected chi connectivity index (χ2v) is 14.2. The molecule has 4 saturated heterocycles. The molecule has 220 valence electrons. The van der Waals surface area contributed by atoms with Crippen LogP contribution < -0.4 is 20.7 Å². The van der Waals surface area contributed by atoms with Crippen LogP contribution in [0, 0.1) is 18.7 Å². The van der Waals surface area contributed by atoms with Gasteiger partial charge in [0.15, 0.2) is 10.9 Å². The van der Waals surface area contributed by atoms with E-state index in [9.17, 15) is 0 Å². The first kappa shape index (κ1) is 26.8. The van der Waals surface area contributed by atoms with Crippen molar-refractivity contribution in [1.82, 2.24) is 25.2 Å². The minimum absolute atomic E-state index is 0.00766. The molecule has 11 heteroatoms. The van der Waals surface area contributed by atoms with E-state index >= 15 is 4.39 Å². The molecule has 2 aromatic heterocycles. The SMILES string of the molecule is Cc1ccc(-c2c(Cl)cc3c(N4C5CCC4CNC5)nc(OC[C@@]45CCCN4C[C@H](C)C5)nc3c2F)c2nc(N)sc12. The molecule has 4 fully saturated rings. The Morgan fingerprint density at radius 3 is 2.81 bits per heavy atom. The summed E-state index contributed by atoms with van der Waals surface area (Å²) in [6.45, 7) is 8.76. The largest absolute Gasteiger partial charge is 0.461 e. The molecule has 0 spiro atoms. The van der Waals surface area contributed by atoms with Gasteiger partial charge in [-0.15, -0.1) is 0 Å². The van der Waals surface area contributed by atoms with Gasteiger partial charge in [0.2, 0.25) is 0 Å². The van der Waals surface area contributed by atoms with Crippen LogP contribution in [-0.4, -0.2) is 70.3 Å². The number of nitrogens with two attached hydrogens (primary N) is 1. The maximum atomic E-state index is 16.9. The Bertz CT molecular complexity index is 1720. The standard InChI is InChI=1S/C31H35ClFN7OS/c1-16-11-31(8-3-9-39(31)14-16)15-41-30-37-25-21(28(38-30)40-18-5-6-19(40)13-35-12-18)10-22(32)23(24(25)33)20-7-4-17(2)27-26(20)36-29(34)42-27/h4,7,10,16,18-19,35H,3,5-6,8-9,11-15H2,1-2H3,(H2,34,36)/t16-,18?,19?,31+/m1/s1. The van der Waals surface area contributed by atoms with Crippen molar-refractivity contribution in [2.24, 2.45) is 5.92 Å². The van der Waals surface area contributed by atoms with Gasteiger partial charge in [-0.1, -0.05) is 42.0 Å². The second-order valence-electron chi connectivity index (χ2n) is 12.8. The summed E-state index contributed by atoms with van der Waals surface area (Å²) >= 11 is 8.33. The Morgan fingerprint density at radius 2 is 2.00 bits per heavy atom. The topological polar surface area (TPSA) is 92.4 Å². The minimum atomic E-state index is -0.486. The summed E-state index contributed by atoms with van der Waals surface area (Å²) in [5.41, 5.74) is 8.90. The predicted octanol–water partition coefficient (Wildman–Crippen LogP) is 5.78. The Kier molecular flexibility index (Phi) is 6.30. The van der Waals surface area contributed by atoms with Crippen molar-refractivity contribution in [1.29, 1.82) is 0 Å². The van der Waals surface area contributed by atoms with Crippen molar-refractivity contribution < 1.29 is 9.13 Å². The number of hydrogen-bond acceptors (Lipinski definition) is 9. The molecule has 2 aromatic carbocycles. The van der Waals surface area contributed by atoms with E-state index < -0.39 is 5.82 Å². The molecule has 8 nitrogen and oxygen atoms in total. The first-order valence-corrected chi connectivity index (χ1v) is 16.2. The Balaban J connectivity index is 1.29. The molecule has 4 aliphatic rings. The molecular weight excluding hydrogens is 573 g/mol. The lowest BCUT2D eigenvalue weighted by atomic mass is 9.92. The van der Waals surface area contributed by atoms with Crippen LogP contribution in [0.2, 0.25) is 5.02 Å². The van der Waals surface area contributed by atoms with Crippen LogP contribution in [0.25, 0.3) is 32.2 Å². The second kappa shape index (κ2) is 9.87. The van der Waals surface area contributed by atoms with Crippen LogP contribution in [0.3, 0.4) is 0 Å². The molecule has 3 N–H and O–H groups in total. The van der Waals surface area contributed by atoms with E-state index in [2.05, 4.69) is 27.0 Å². The number of aromatic nitrogens is 3. The lowest BCUT2D eigenvalue weighted by Crippen LogP contribution is -2.52. The van der Waals surface area contributed by atoms with Gasteiger partial charge < -0.3 is 20.7 Å². The van der Waals surface area contributed by atoms with E-state index in [1.54, 1.807) is 0 Å². The number of benzene rings is 2. The molecule has 4 atom stereocenters. The molecular formula is C31H35ClFN7OS. The number of nitrogen functional groups attached to an aromatic ring is 1. The normalized spacial score (nSPS) is 27.4. The first-order valence-electron chi connectivity index (χ1n) is 15.0. The third-order valence-corrected chi connectivity index (χ3v) is 11.3. The number of halogens is 2. The molecule has 0 saturated carbocycles. The summed E-state index contributed by atoms with van der Waals surface area (Å²) in [5, 5.41) is 4.90. The zero-order valence-electron chi connectivity index (χ0n) is 23.9.